The molecule has 4 nitrogen and oxygen atoms in total. The maximum atomic E-state index is 6.17. The Hall–Kier alpha value is -1.85. The number of nitrogens with one attached hydrogen (secondary N) is 2. The fourth-order valence-electron chi connectivity index (χ4n) is 4.10. The molecule has 2 atom stereocenters. The molecule has 0 bridgehead atoms. The molecule has 2 unspecified atom stereocenters. The quantitative estimate of drug-likeness (QED) is 0.613. The minimum atomic E-state index is 0. The zero-order valence-electron chi connectivity index (χ0n) is 16.4. The van der Waals surface area contributed by atoms with Gasteiger partial charge in [-0.15, -0.1) is 12.4 Å². The number of aromatic nitrogens is 1. The topological polar surface area (TPSA) is 40.3 Å². The molecule has 1 aromatic heterocycles. The summed E-state index contributed by atoms with van der Waals surface area (Å²) in [6, 6.07) is 19.4. The summed E-state index contributed by atoms with van der Waals surface area (Å²) in [5.74, 6) is 0. The zero-order valence-corrected chi connectivity index (χ0v) is 17.3. The second kappa shape index (κ2) is 10.1. The zero-order chi connectivity index (χ0) is 18.5. The van der Waals surface area contributed by atoms with Crippen LogP contribution in [0.25, 0.3) is 10.9 Å². The van der Waals surface area contributed by atoms with E-state index in [1.54, 1.807) is 0 Å². The summed E-state index contributed by atoms with van der Waals surface area (Å²) in [5, 5.41) is 4.98. The average Bonchev–Trinajstić information content (AvgIpc) is 3.13. The minimum Gasteiger partial charge on any atom is -0.375 e. The maximum Gasteiger partial charge on any atom is 0.0771 e. The molecule has 2 aromatic carbocycles. The van der Waals surface area contributed by atoms with Gasteiger partial charge in [-0.25, -0.2) is 0 Å². The molecule has 2 heterocycles. The number of hydrogen-bond acceptors (Lipinski definition) is 3. The fraction of sp³-hybridized carbons (Fsp3) is 0.391. The molecule has 1 saturated heterocycles. The second-order valence-corrected chi connectivity index (χ2v) is 7.50. The van der Waals surface area contributed by atoms with Crippen molar-refractivity contribution in [2.24, 2.45) is 0 Å². The van der Waals surface area contributed by atoms with Gasteiger partial charge in [0.15, 0.2) is 0 Å². The number of hydrogen-bond donors (Lipinski definition) is 2. The van der Waals surface area contributed by atoms with Crippen LogP contribution in [0.1, 0.15) is 30.0 Å². The highest BCUT2D eigenvalue weighted by Gasteiger charge is 2.28. The standard InChI is InChI=1S/C23H29N3O.ClH/c1-26(17-18-8-3-2-4-9-18)14-7-12-22-23(24-13-15-27-22)20-16-25-21-11-6-5-10-19(20)21;/h2-6,8-11,16,22-25H,7,12-15,17H2,1H3;1H. The summed E-state index contributed by atoms with van der Waals surface area (Å²) >= 11 is 0. The van der Waals surface area contributed by atoms with Gasteiger partial charge in [0, 0.05) is 30.2 Å². The van der Waals surface area contributed by atoms with E-state index in [0.29, 0.717) is 0 Å². The predicted molar refractivity (Wildman–Crippen MR) is 118 cm³/mol. The highest BCUT2D eigenvalue weighted by molar-refractivity contribution is 5.85. The number of ether oxygens (including phenoxy) is 1. The summed E-state index contributed by atoms with van der Waals surface area (Å²) in [5.41, 5.74) is 3.89. The van der Waals surface area contributed by atoms with Crippen LogP contribution in [0.2, 0.25) is 0 Å². The van der Waals surface area contributed by atoms with E-state index in [1.807, 2.05) is 0 Å². The van der Waals surface area contributed by atoms with Crippen LogP contribution >= 0.6 is 12.4 Å². The smallest absolute Gasteiger partial charge is 0.0771 e. The highest BCUT2D eigenvalue weighted by atomic mass is 35.5. The molecule has 4 rings (SSSR count). The number of morpholine rings is 1. The van der Waals surface area contributed by atoms with Crippen LogP contribution in [-0.4, -0.2) is 42.7 Å². The van der Waals surface area contributed by atoms with Crippen molar-refractivity contribution in [3.8, 4) is 0 Å². The van der Waals surface area contributed by atoms with Crippen molar-refractivity contribution in [2.45, 2.75) is 31.5 Å². The van der Waals surface area contributed by atoms with Gasteiger partial charge in [0.05, 0.1) is 18.8 Å². The molecule has 1 fully saturated rings. The first-order chi connectivity index (χ1) is 13.3. The van der Waals surface area contributed by atoms with Crippen LogP contribution in [0.3, 0.4) is 0 Å². The fourth-order valence-corrected chi connectivity index (χ4v) is 4.10. The molecule has 1 aliphatic heterocycles. The molecular weight excluding hydrogens is 370 g/mol. The Balaban J connectivity index is 0.00000225. The average molecular weight is 400 g/mol. The lowest BCUT2D eigenvalue weighted by Gasteiger charge is -2.33. The van der Waals surface area contributed by atoms with Crippen LogP contribution in [0.5, 0.6) is 0 Å². The van der Waals surface area contributed by atoms with E-state index in [-0.39, 0.29) is 24.6 Å². The third kappa shape index (κ3) is 4.95. The molecule has 3 aromatic rings. The molecule has 0 spiro atoms. The lowest BCUT2D eigenvalue weighted by molar-refractivity contribution is -0.0111. The number of aromatic amines is 1. The predicted octanol–water partition coefficient (Wildman–Crippen LogP) is 4.53. The van der Waals surface area contributed by atoms with Gasteiger partial charge in [-0.2, -0.15) is 0 Å². The minimum absolute atomic E-state index is 0. The molecule has 0 aliphatic carbocycles. The van der Waals surface area contributed by atoms with Gasteiger partial charge in [0.2, 0.25) is 0 Å². The summed E-state index contributed by atoms with van der Waals surface area (Å²) in [7, 11) is 2.20. The summed E-state index contributed by atoms with van der Waals surface area (Å²) in [6.07, 6.45) is 4.57. The Morgan fingerprint density at radius 2 is 1.86 bits per heavy atom. The van der Waals surface area contributed by atoms with E-state index in [2.05, 4.69) is 83.0 Å². The summed E-state index contributed by atoms with van der Waals surface area (Å²) in [6.45, 7) is 3.78. The van der Waals surface area contributed by atoms with E-state index in [1.165, 1.54) is 22.0 Å². The molecule has 0 radical (unpaired) electrons. The van der Waals surface area contributed by atoms with E-state index in [9.17, 15) is 0 Å². The van der Waals surface area contributed by atoms with Crippen LogP contribution in [0.15, 0.2) is 60.8 Å². The number of fused-ring (bicyclic) bond motifs is 1. The maximum absolute atomic E-state index is 6.17. The summed E-state index contributed by atoms with van der Waals surface area (Å²) in [4.78, 5) is 5.80. The lowest BCUT2D eigenvalue weighted by Crippen LogP contribution is -2.42. The number of para-hydroxylation sites is 1. The van der Waals surface area contributed by atoms with Gasteiger partial charge >= 0.3 is 0 Å². The molecule has 28 heavy (non-hydrogen) atoms. The van der Waals surface area contributed by atoms with Crippen molar-refractivity contribution in [1.82, 2.24) is 15.2 Å². The Morgan fingerprint density at radius 1 is 1.07 bits per heavy atom. The van der Waals surface area contributed by atoms with Gasteiger partial charge in [0.25, 0.3) is 0 Å². The Kier molecular flexibility index (Phi) is 7.51. The van der Waals surface area contributed by atoms with E-state index < -0.39 is 0 Å². The molecule has 0 saturated carbocycles. The van der Waals surface area contributed by atoms with Crippen molar-refractivity contribution in [2.75, 3.05) is 26.7 Å². The largest absolute Gasteiger partial charge is 0.375 e. The van der Waals surface area contributed by atoms with Gasteiger partial charge in [0.1, 0.15) is 0 Å². The first-order valence-corrected chi connectivity index (χ1v) is 9.95. The lowest BCUT2D eigenvalue weighted by atomic mass is 9.96. The first kappa shape index (κ1) is 20.9. The first-order valence-electron chi connectivity index (χ1n) is 9.95. The Bertz CT molecular complexity index is 851. The normalized spacial score (nSPS) is 19.6. The molecule has 0 amide bonds. The Morgan fingerprint density at radius 3 is 2.71 bits per heavy atom. The Labute approximate surface area is 173 Å². The van der Waals surface area contributed by atoms with Crippen molar-refractivity contribution in [1.29, 1.82) is 0 Å². The number of nitrogens with zero attached hydrogens (tertiary/aromatic N) is 1. The van der Waals surface area contributed by atoms with E-state index in [0.717, 1.165) is 39.1 Å². The number of benzene rings is 2. The van der Waals surface area contributed by atoms with Crippen LogP contribution in [0.4, 0.5) is 0 Å². The SMILES string of the molecule is CN(CCCC1OCCNC1c1c[nH]c2ccccc12)Cc1ccccc1.Cl. The van der Waals surface area contributed by atoms with Crippen LogP contribution < -0.4 is 5.32 Å². The molecule has 2 N–H and O–H groups in total. The van der Waals surface area contributed by atoms with Gasteiger partial charge in [-0.1, -0.05) is 48.5 Å². The van der Waals surface area contributed by atoms with Crippen LogP contribution in [-0.2, 0) is 11.3 Å². The van der Waals surface area contributed by atoms with Crippen molar-refractivity contribution < 1.29 is 4.74 Å². The molecular formula is C23H30ClN3O. The van der Waals surface area contributed by atoms with Crippen molar-refractivity contribution >= 4 is 23.3 Å². The second-order valence-electron chi connectivity index (χ2n) is 7.50. The van der Waals surface area contributed by atoms with Gasteiger partial charge in [-0.3, -0.25) is 0 Å². The number of halogens is 1. The van der Waals surface area contributed by atoms with Crippen LogP contribution in [0, 0.1) is 0 Å². The van der Waals surface area contributed by atoms with Gasteiger partial charge < -0.3 is 19.9 Å². The van der Waals surface area contributed by atoms with Crippen molar-refractivity contribution in [3.05, 3.63) is 71.9 Å². The summed E-state index contributed by atoms with van der Waals surface area (Å²) < 4.78 is 6.17. The third-order valence-electron chi connectivity index (χ3n) is 5.45. The monoisotopic (exact) mass is 399 g/mol. The molecule has 1 aliphatic rings. The number of H-pyrrole nitrogens is 1. The molecule has 150 valence electrons. The van der Waals surface area contributed by atoms with E-state index >= 15 is 0 Å². The third-order valence-corrected chi connectivity index (χ3v) is 5.45. The van der Waals surface area contributed by atoms with Crippen molar-refractivity contribution in [3.63, 3.8) is 0 Å². The highest BCUT2D eigenvalue weighted by Crippen LogP contribution is 2.30. The molecule has 5 heteroatoms. The van der Waals surface area contributed by atoms with E-state index in [4.69, 9.17) is 4.74 Å². The van der Waals surface area contributed by atoms with Gasteiger partial charge in [-0.05, 0) is 43.6 Å². The number of rotatable bonds is 7.